The average molecular weight is 755 g/mol. The molecule has 0 aliphatic heterocycles. The number of aliphatic hydroxyl groups is 1. The van der Waals surface area contributed by atoms with Crippen LogP contribution in [0.5, 0.6) is 5.75 Å². The molecule has 1 unspecified atom stereocenters. The third-order valence-electron chi connectivity index (χ3n) is 8.65. The van der Waals surface area contributed by atoms with E-state index >= 15 is 0 Å². The molecule has 13 heteroatoms. The number of rotatable bonds is 15. The summed E-state index contributed by atoms with van der Waals surface area (Å²) < 4.78 is 50.8. The summed E-state index contributed by atoms with van der Waals surface area (Å²) >= 11 is 0. The number of halogens is 3. The summed E-state index contributed by atoms with van der Waals surface area (Å²) in [4.78, 5) is 51.0. The van der Waals surface area contributed by atoms with Gasteiger partial charge in [0.15, 0.2) is 12.4 Å². The smallest absolute Gasteiger partial charge is 0.416 e. The number of ether oxygens (including phenoxy) is 2. The van der Waals surface area contributed by atoms with Crippen molar-refractivity contribution < 1.29 is 52.0 Å². The third-order valence-corrected chi connectivity index (χ3v) is 8.65. The van der Waals surface area contributed by atoms with E-state index in [1.165, 1.54) is 60.5 Å². The first-order valence-electron chi connectivity index (χ1n) is 16.9. The lowest BCUT2D eigenvalue weighted by molar-refractivity contribution is -0.142. The van der Waals surface area contributed by atoms with Gasteiger partial charge in [0.25, 0.3) is 0 Å². The molecule has 0 fully saturated rings. The lowest BCUT2D eigenvalue weighted by atomic mass is 10.0. The number of amides is 1. The number of carbonyl (C=O) groups is 4. The van der Waals surface area contributed by atoms with Crippen molar-refractivity contribution in [1.82, 2.24) is 4.90 Å². The van der Waals surface area contributed by atoms with Gasteiger partial charge in [-0.15, -0.1) is 0 Å². The van der Waals surface area contributed by atoms with E-state index in [1.54, 1.807) is 24.3 Å². The van der Waals surface area contributed by atoms with Gasteiger partial charge < -0.3 is 25.0 Å². The Kier molecular flexibility index (Phi) is 12.8. The number of nitrogens with one attached hydrogen (secondary N) is 1. The first-order chi connectivity index (χ1) is 26.2. The van der Waals surface area contributed by atoms with E-state index in [-0.39, 0.29) is 40.5 Å². The van der Waals surface area contributed by atoms with Crippen molar-refractivity contribution in [1.29, 1.82) is 0 Å². The fourth-order valence-corrected chi connectivity index (χ4v) is 5.70. The van der Waals surface area contributed by atoms with Gasteiger partial charge in [-0.3, -0.25) is 19.3 Å². The summed E-state index contributed by atoms with van der Waals surface area (Å²) in [7, 11) is 1.24. The minimum Gasteiger partial charge on any atom is -0.497 e. The summed E-state index contributed by atoms with van der Waals surface area (Å²) in [6.07, 6.45) is -6.67. The Balaban J connectivity index is 1.16. The molecule has 0 aromatic heterocycles. The molecule has 0 bridgehead atoms. The molecule has 0 saturated carbocycles. The van der Waals surface area contributed by atoms with Crippen LogP contribution in [-0.2, 0) is 33.5 Å². The molecule has 0 aliphatic rings. The number of aryl methyl sites for hydroxylation is 1. The molecular formula is C42H37F3N2O8. The fraction of sp³-hybridized carbons (Fsp3) is 0.190. The monoisotopic (exact) mass is 754 g/mol. The minimum atomic E-state index is -4.70. The van der Waals surface area contributed by atoms with Gasteiger partial charge in [-0.05, 0) is 71.1 Å². The molecule has 3 N–H and O–H groups in total. The van der Waals surface area contributed by atoms with E-state index in [4.69, 9.17) is 9.47 Å². The molecule has 1 atom stereocenters. The van der Waals surface area contributed by atoms with Crippen molar-refractivity contribution in [3.8, 4) is 16.9 Å². The van der Waals surface area contributed by atoms with Crippen LogP contribution in [0.25, 0.3) is 11.1 Å². The van der Waals surface area contributed by atoms with Crippen LogP contribution in [0.1, 0.15) is 54.8 Å². The predicted octanol–water partition coefficient (Wildman–Crippen LogP) is 7.49. The number of benzene rings is 5. The topological polar surface area (TPSA) is 142 Å². The standard InChI is InChI=1S/C42H37F3N2O8/c1-26-3-7-28(8-4-26)29-11-13-30(14-12-29)37(48)25-55-41(53)32-9-5-27(6-10-32)23-47(24-39(50)51)40(52)31-15-18-34(19-16-31)46-38(49)21-33-17-20-35(54-2)22-36(33)42(43,44)45/h3-20,22,40,52H,21,23-25H2,1-2H3,(H,46,49)(H,50,51). The lowest BCUT2D eigenvalue weighted by Gasteiger charge is -2.27. The van der Waals surface area contributed by atoms with Crippen LogP contribution < -0.4 is 10.1 Å². The zero-order valence-corrected chi connectivity index (χ0v) is 29.8. The average Bonchev–Trinajstić information content (AvgIpc) is 3.16. The van der Waals surface area contributed by atoms with Gasteiger partial charge in [0.1, 0.15) is 12.0 Å². The number of aliphatic hydroxyl groups excluding tert-OH is 1. The van der Waals surface area contributed by atoms with Crippen molar-refractivity contribution in [2.24, 2.45) is 0 Å². The van der Waals surface area contributed by atoms with Crippen molar-refractivity contribution in [2.45, 2.75) is 32.3 Å². The number of ketones is 1. The molecule has 55 heavy (non-hydrogen) atoms. The molecule has 10 nitrogen and oxygen atoms in total. The Morgan fingerprint density at radius 2 is 1.40 bits per heavy atom. The second-order valence-corrected chi connectivity index (χ2v) is 12.7. The number of hydrogen-bond acceptors (Lipinski definition) is 8. The maximum Gasteiger partial charge on any atom is 0.416 e. The van der Waals surface area contributed by atoms with Crippen LogP contribution in [0.4, 0.5) is 18.9 Å². The van der Waals surface area contributed by atoms with E-state index in [0.717, 1.165) is 22.8 Å². The van der Waals surface area contributed by atoms with Crippen LogP contribution in [0.15, 0.2) is 115 Å². The number of carboxylic acids is 1. The highest BCUT2D eigenvalue weighted by atomic mass is 19.4. The zero-order chi connectivity index (χ0) is 39.7. The second kappa shape index (κ2) is 17.7. The van der Waals surface area contributed by atoms with Gasteiger partial charge >= 0.3 is 18.1 Å². The molecule has 0 radical (unpaired) electrons. The number of carbonyl (C=O) groups excluding carboxylic acids is 3. The summed E-state index contributed by atoms with van der Waals surface area (Å²) in [6, 6.07) is 30.1. The number of esters is 1. The summed E-state index contributed by atoms with van der Waals surface area (Å²) in [6.45, 7) is 0.940. The molecule has 0 aliphatic carbocycles. The maximum absolute atomic E-state index is 13.6. The van der Waals surface area contributed by atoms with E-state index in [0.29, 0.717) is 11.1 Å². The Morgan fingerprint density at radius 1 is 0.800 bits per heavy atom. The second-order valence-electron chi connectivity index (χ2n) is 12.7. The number of methoxy groups -OCH3 is 1. The van der Waals surface area contributed by atoms with Gasteiger partial charge in [0.05, 0.1) is 31.2 Å². The number of anilines is 1. The third kappa shape index (κ3) is 10.9. The van der Waals surface area contributed by atoms with Crippen molar-refractivity contribution in [3.05, 3.63) is 154 Å². The quantitative estimate of drug-likeness (QED) is 0.0563. The minimum absolute atomic E-state index is 0.00145. The van der Waals surface area contributed by atoms with Crippen LogP contribution in [0, 0.1) is 6.92 Å². The lowest BCUT2D eigenvalue weighted by Crippen LogP contribution is -2.33. The molecule has 0 spiro atoms. The normalized spacial score (nSPS) is 11.8. The SMILES string of the molecule is COc1ccc(CC(=O)Nc2ccc(C(O)N(CC(=O)O)Cc3ccc(C(=O)OCC(=O)c4ccc(-c5ccc(C)cc5)cc4)cc3)cc2)c(C(F)(F)F)c1. The highest BCUT2D eigenvalue weighted by Gasteiger charge is 2.34. The first kappa shape index (κ1) is 39.9. The van der Waals surface area contributed by atoms with Crippen molar-refractivity contribution >= 4 is 29.3 Å². The summed E-state index contributed by atoms with van der Waals surface area (Å²) in [5, 5.41) is 23.2. The van der Waals surface area contributed by atoms with Gasteiger partial charge in [-0.1, -0.05) is 84.4 Å². The Bertz CT molecular complexity index is 2140. The van der Waals surface area contributed by atoms with Crippen molar-refractivity contribution in [3.63, 3.8) is 0 Å². The van der Waals surface area contributed by atoms with Crippen molar-refractivity contribution in [2.75, 3.05) is 25.6 Å². The molecule has 5 aromatic carbocycles. The number of aliphatic carboxylic acids is 1. The van der Waals surface area contributed by atoms with Gasteiger partial charge in [-0.2, -0.15) is 13.2 Å². The van der Waals surface area contributed by atoms with Gasteiger partial charge in [-0.25, -0.2) is 4.79 Å². The Labute approximate surface area is 314 Å². The molecule has 0 saturated heterocycles. The number of nitrogens with zero attached hydrogens (tertiary/aromatic N) is 1. The molecule has 5 rings (SSSR count). The van der Waals surface area contributed by atoms with E-state index in [2.05, 4.69) is 5.32 Å². The number of hydrogen-bond donors (Lipinski definition) is 3. The predicted molar refractivity (Wildman–Crippen MR) is 197 cm³/mol. The maximum atomic E-state index is 13.6. The molecular weight excluding hydrogens is 717 g/mol. The Hall–Kier alpha value is -6.31. The highest BCUT2D eigenvalue weighted by molar-refractivity contribution is 5.99. The largest absolute Gasteiger partial charge is 0.497 e. The van der Waals surface area contributed by atoms with Crippen LogP contribution >= 0.6 is 0 Å². The van der Waals surface area contributed by atoms with Gasteiger partial charge in [0.2, 0.25) is 5.91 Å². The molecule has 5 aromatic rings. The van der Waals surface area contributed by atoms with Crippen LogP contribution in [-0.4, -0.2) is 59.0 Å². The number of Topliss-reactive ketones (excluding diaryl/α,β-unsaturated/α-hetero) is 1. The first-order valence-corrected chi connectivity index (χ1v) is 16.9. The zero-order valence-electron chi connectivity index (χ0n) is 29.8. The van der Waals surface area contributed by atoms with Gasteiger partial charge in [0, 0.05) is 17.8 Å². The fourth-order valence-electron chi connectivity index (χ4n) is 5.70. The summed E-state index contributed by atoms with van der Waals surface area (Å²) in [5.74, 6) is -3.02. The van der Waals surface area contributed by atoms with Crippen LogP contribution in [0.2, 0.25) is 0 Å². The summed E-state index contributed by atoms with van der Waals surface area (Å²) in [5.41, 5.74) is 3.50. The highest BCUT2D eigenvalue weighted by Crippen LogP contribution is 2.35. The van der Waals surface area contributed by atoms with E-state index in [9.17, 15) is 42.6 Å². The number of carboxylic acid groups (broad SMARTS) is 1. The van der Waals surface area contributed by atoms with E-state index in [1.807, 2.05) is 43.3 Å². The van der Waals surface area contributed by atoms with E-state index < -0.39 is 55.4 Å². The Morgan fingerprint density at radius 3 is 1.98 bits per heavy atom. The molecule has 284 valence electrons. The van der Waals surface area contributed by atoms with Crippen LogP contribution in [0.3, 0.4) is 0 Å². The number of alkyl halides is 3. The molecule has 1 amide bonds. The molecule has 0 heterocycles.